The molecule has 0 amide bonds. The summed E-state index contributed by atoms with van der Waals surface area (Å²) >= 11 is 0. The Bertz CT molecular complexity index is 1130. The molecule has 6 heteroatoms. The standard InChI is InChI=1S/C20H13FN2O3/c1-12(24)23-11-13(14-6-3-5-9-18(14)23)10-17-20(25)26-19(22-17)15-7-2-4-8-16(15)21/h2-11H,1H3/b17-10-. The Morgan fingerprint density at radius 2 is 1.88 bits per heavy atom. The minimum absolute atomic E-state index is 0.0507. The lowest BCUT2D eigenvalue weighted by molar-refractivity contribution is -0.129. The normalized spacial score (nSPS) is 15.4. The van der Waals surface area contributed by atoms with Crippen LogP contribution < -0.4 is 0 Å². The average Bonchev–Trinajstić information content (AvgIpc) is 3.17. The molecule has 5 nitrogen and oxygen atoms in total. The molecule has 0 bridgehead atoms. The number of para-hydroxylation sites is 1. The van der Waals surface area contributed by atoms with Crippen LogP contribution in [0.3, 0.4) is 0 Å². The summed E-state index contributed by atoms with van der Waals surface area (Å²) in [5.41, 5.74) is 1.56. The Balaban J connectivity index is 1.82. The molecule has 0 saturated heterocycles. The first-order valence-corrected chi connectivity index (χ1v) is 7.93. The number of carbonyl (C=O) groups excluding carboxylic acids is 2. The Hall–Kier alpha value is -3.54. The molecular formula is C20H13FN2O3. The van der Waals surface area contributed by atoms with E-state index in [9.17, 15) is 14.0 Å². The van der Waals surface area contributed by atoms with Gasteiger partial charge in [0.2, 0.25) is 11.8 Å². The molecular weight excluding hydrogens is 335 g/mol. The van der Waals surface area contributed by atoms with Crippen molar-refractivity contribution in [2.75, 3.05) is 0 Å². The third-order valence-corrected chi connectivity index (χ3v) is 4.10. The van der Waals surface area contributed by atoms with E-state index in [2.05, 4.69) is 4.99 Å². The number of hydrogen-bond acceptors (Lipinski definition) is 4. The van der Waals surface area contributed by atoms with Crippen molar-refractivity contribution < 1.29 is 18.7 Å². The van der Waals surface area contributed by atoms with E-state index >= 15 is 0 Å². The summed E-state index contributed by atoms with van der Waals surface area (Å²) in [7, 11) is 0. The Morgan fingerprint density at radius 1 is 1.15 bits per heavy atom. The maximum Gasteiger partial charge on any atom is 0.363 e. The van der Waals surface area contributed by atoms with Crippen LogP contribution in [-0.4, -0.2) is 22.3 Å². The number of fused-ring (bicyclic) bond motifs is 1. The highest BCUT2D eigenvalue weighted by Crippen LogP contribution is 2.26. The maximum absolute atomic E-state index is 13.9. The van der Waals surface area contributed by atoms with Gasteiger partial charge in [0.05, 0.1) is 11.1 Å². The van der Waals surface area contributed by atoms with Crippen LogP contribution in [0.4, 0.5) is 4.39 Å². The average molecular weight is 348 g/mol. The molecule has 2 aromatic carbocycles. The fraction of sp³-hybridized carbons (Fsp3) is 0.0500. The molecule has 3 aromatic rings. The number of ether oxygens (including phenoxy) is 1. The van der Waals surface area contributed by atoms with Gasteiger partial charge in [0.15, 0.2) is 5.70 Å². The van der Waals surface area contributed by atoms with E-state index < -0.39 is 11.8 Å². The number of rotatable bonds is 2. The Morgan fingerprint density at radius 3 is 2.65 bits per heavy atom. The molecule has 0 atom stereocenters. The first-order chi connectivity index (χ1) is 12.5. The minimum atomic E-state index is -0.664. The van der Waals surface area contributed by atoms with Crippen molar-refractivity contribution in [3.8, 4) is 0 Å². The lowest BCUT2D eigenvalue weighted by Gasteiger charge is -1.99. The van der Waals surface area contributed by atoms with Gasteiger partial charge in [-0.3, -0.25) is 9.36 Å². The number of carbonyl (C=O) groups is 2. The lowest BCUT2D eigenvalue weighted by Crippen LogP contribution is -2.07. The number of benzene rings is 2. The van der Waals surface area contributed by atoms with Gasteiger partial charge < -0.3 is 4.74 Å². The Kier molecular flexibility index (Phi) is 3.73. The van der Waals surface area contributed by atoms with Gasteiger partial charge in [0, 0.05) is 24.1 Å². The zero-order valence-electron chi connectivity index (χ0n) is 13.8. The summed E-state index contributed by atoms with van der Waals surface area (Å²) in [6.45, 7) is 1.46. The van der Waals surface area contributed by atoms with Crippen molar-refractivity contribution in [2.24, 2.45) is 4.99 Å². The second-order valence-electron chi connectivity index (χ2n) is 5.81. The molecule has 1 aliphatic rings. The van der Waals surface area contributed by atoms with Crippen LogP contribution in [0.1, 0.15) is 22.8 Å². The van der Waals surface area contributed by atoms with Crippen LogP contribution in [-0.2, 0) is 9.53 Å². The van der Waals surface area contributed by atoms with E-state index in [1.807, 2.05) is 24.3 Å². The molecule has 0 aliphatic carbocycles. The summed E-state index contributed by atoms with van der Waals surface area (Å²) in [6, 6.07) is 13.3. The first-order valence-electron chi connectivity index (χ1n) is 7.93. The van der Waals surface area contributed by atoms with E-state index in [1.165, 1.54) is 29.7 Å². The smallest absolute Gasteiger partial charge is 0.363 e. The van der Waals surface area contributed by atoms with Crippen molar-refractivity contribution in [3.63, 3.8) is 0 Å². The van der Waals surface area contributed by atoms with E-state index in [4.69, 9.17) is 4.74 Å². The van der Waals surface area contributed by atoms with Gasteiger partial charge in [-0.2, -0.15) is 0 Å². The van der Waals surface area contributed by atoms with E-state index in [-0.39, 0.29) is 23.1 Å². The lowest BCUT2D eigenvalue weighted by atomic mass is 10.1. The molecule has 0 unspecified atom stereocenters. The quantitative estimate of drug-likeness (QED) is 0.523. The van der Waals surface area contributed by atoms with Crippen LogP contribution in [0.15, 0.2) is 65.4 Å². The summed E-state index contributed by atoms with van der Waals surface area (Å²) in [6.07, 6.45) is 3.18. The van der Waals surface area contributed by atoms with Crippen molar-refractivity contribution in [2.45, 2.75) is 6.92 Å². The van der Waals surface area contributed by atoms with Crippen LogP contribution in [0.2, 0.25) is 0 Å². The molecule has 0 fully saturated rings. The highest BCUT2D eigenvalue weighted by atomic mass is 19.1. The highest BCUT2D eigenvalue weighted by molar-refractivity contribution is 6.13. The number of hydrogen-bond donors (Lipinski definition) is 0. The van der Waals surface area contributed by atoms with Crippen LogP contribution in [0.25, 0.3) is 17.0 Å². The zero-order valence-corrected chi connectivity index (χ0v) is 13.8. The second kappa shape index (κ2) is 6.07. The topological polar surface area (TPSA) is 60.7 Å². The summed E-state index contributed by atoms with van der Waals surface area (Å²) in [5, 5.41) is 0.803. The zero-order chi connectivity index (χ0) is 18.3. The van der Waals surface area contributed by atoms with Crippen LogP contribution in [0.5, 0.6) is 0 Å². The molecule has 26 heavy (non-hydrogen) atoms. The molecule has 0 N–H and O–H groups in total. The molecule has 0 spiro atoms. The molecule has 128 valence electrons. The van der Waals surface area contributed by atoms with Gasteiger partial charge in [-0.05, 0) is 24.3 Å². The fourth-order valence-corrected chi connectivity index (χ4v) is 2.89. The predicted octanol–water partition coefficient (Wildman–Crippen LogP) is 3.79. The largest absolute Gasteiger partial charge is 0.402 e. The van der Waals surface area contributed by atoms with Gasteiger partial charge in [0.1, 0.15) is 5.82 Å². The molecule has 2 heterocycles. The number of esters is 1. The SMILES string of the molecule is CC(=O)n1cc(/C=C2\N=C(c3ccccc3F)OC2=O)c2ccccc21. The minimum Gasteiger partial charge on any atom is -0.402 e. The van der Waals surface area contributed by atoms with E-state index in [0.717, 1.165) is 10.9 Å². The summed E-state index contributed by atoms with van der Waals surface area (Å²) < 4.78 is 20.5. The van der Waals surface area contributed by atoms with Gasteiger partial charge >= 0.3 is 5.97 Å². The highest BCUT2D eigenvalue weighted by Gasteiger charge is 2.26. The van der Waals surface area contributed by atoms with Gasteiger partial charge in [-0.15, -0.1) is 0 Å². The predicted molar refractivity (Wildman–Crippen MR) is 95.2 cm³/mol. The summed E-state index contributed by atoms with van der Waals surface area (Å²) in [5.74, 6) is -1.40. The number of aromatic nitrogens is 1. The maximum atomic E-state index is 13.9. The van der Waals surface area contributed by atoms with Crippen molar-refractivity contribution in [1.82, 2.24) is 4.57 Å². The monoisotopic (exact) mass is 348 g/mol. The first kappa shape index (κ1) is 16.0. The molecule has 1 aromatic heterocycles. The van der Waals surface area contributed by atoms with Crippen LogP contribution in [0, 0.1) is 5.82 Å². The summed E-state index contributed by atoms with van der Waals surface area (Å²) in [4.78, 5) is 28.1. The number of halogens is 1. The van der Waals surface area contributed by atoms with Crippen molar-refractivity contribution in [3.05, 3.63) is 77.4 Å². The molecule has 4 rings (SSSR count). The van der Waals surface area contributed by atoms with E-state index in [0.29, 0.717) is 5.56 Å². The van der Waals surface area contributed by atoms with Gasteiger partial charge in [-0.1, -0.05) is 30.3 Å². The van der Waals surface area contributed by atoms with Crippen LogP contribution >= 0.6 is 0 Å². The van der Waals surface area contributed by atoms with Gasteiger partial charge in [0.25, 0.3) is 0 Å². The molecule has 1 aliphatic heterocycles. The third-order valence-electron chi connectivity index (χ3n) is 4.10. The molecule has 0 radical (unpaired) electrons. The van der Waals surface area contributed by atoms with Gasteiger partial charge in [-0.25, -0.2) is 14.2 Å². The Labute approximate surface area is 148 Å². The number of nitrogens with zero attached hydrogens (tertiary/aromatic N) is 2. The molecule has 0 saturated carbocycles. The third kappa shape index (κ3) is 2.61. The van der Waals surface area contributed by atoms with Crippen molar-refractivity contribution in [1.29, 1.82) is 0 Å². The van der Waals surface area contributed by atoms with E-state index in [1.54, 1.807) is 18.3 Å². The number of cyclic esters (lactones) is 1. The second-order valence-corrected chi connectivity index (χ2v) is 5.81. The van der Waals surface area contributed by atoms with Crippen molar-refractivity contribution >= 4 is 34.8 Å². The number of aliphatic imine (C=N–C) groups is 1. The fourth-order valence-electron chi connectivity index (χ4n) is 2.89.